The number of carbonyl (C=O) groups is 1. The molecule has 1 fully saturated rings. The van der Waals surface area contributed by atoms with E-state index in [9.17, 15) is 9.18 Å². The SMILES string of the molecule is Cc1c(C(=O)NC2CCNCC2)cnn1-c1ccc(F)cc1. The van der Waals surface area contributed by atoms with Crippen molar-refractivity contribution in [3.05, 3.63) is 47.5 Å². The van der Waals surface area contributed by atoms with Gasteiger partial charge in [-0.15, -0.1) is 0 Å². The number of amides is 1. The smallest absolute Gasteiger partial charge is 0.254 e. The molecule has 2 heterocycles. The molecule has 0 spiro atoms. The number of nitrogens with zero attached hydrogens (tertiary/aromatic N) is 2. The summed E-state index contributed by atoms with van der Waals surface area (Å²) in [6.45, 7) is 3.70. The quantitative estimate of drug-likeness (QED) is 0.909. The van der Waals surface area contributed by atoms with Crippen LogP contribution in [0, 0.1) is 12.7 Å². The third-order valence-corrected chi connectivity index (χ3v) is 4.00. The lowest BCUT2D eigenvalue weighted by Gasteiger charge is -2.23. The Labute approximate surface area is 128 Å². The highest BCUT2D eigenvalue weighted by molar-refractivity contribution is 5.95. The third kappa shape index (κ3) is 3.01. The molecule has 2 aromatic rings. The Bertz CT molecular complexity index is 659. The van der Waals surface area contributed by atoms with E-state index in [-0.39, 0.29) is 17.8 Å². The zero-order chi connectivity index (χ0) is 15.5. The summed E-state index contributed by atoms with van der Waals surface area (Å²) in [5, 5.41) is 10.6. The first-order chi connectivity index (χ1) is 10.6. The summed E-state index contributed by atoms with van der Waals surface area (Å²) in [5.41, 5.74) is 2.04. The maximum absolute atomic E-state index is 13.0. The molecule has 22 heavy (non-hydrogen) atoms. The first-order valence-electron chi connectivity index (χ1n) is 7.47. The molecule has 2 N–H and O–H groups in total. The highest BCUT2D eigenvalue weighted by Gasteiger charge is 2.20. The summed E-state index contributed by atoms with van der Waals surface area (Å²) in [4.78, 5) is 12.4. The van der Waals surface area contributed by atoms with Crippen LogP contribution in [-0.4, -0.2) is 34.8 Å². The Morgan fingerprint density at radius 1 is 1.32 bits per heavy atom. The van der Waals surface area contributed by atoms with Crippen molar-refractivity contribution in [2.75, 3.05) is 13.1 Å². The predicted molar refractivity (Wildman–Crippen MR) is 81.6 cm³/mol. The average molecular weight is 302 g/mol. The van der Waals surface area contributed by atoms with E-state index in [0.717, 1.165) is 37.3 Å². The Morgan fingerprint density at radius 3 is 2.68 bits per heavy atom. The van der Waals surface area contributed by atoms with Gasteiger partial charge in [0.15, 0.2) is 0 Å². The fraction of sp³-hybridized carbons (Fsp3) is 0.375. The Balaban J connectivity index is 1.77. The van der Waals surface area contributed by atoms with E-state index < -0.39 is 0 Å². The highest BCUT2D eigenvalue weighted by atomic mass is 19.1. The Kier molecular flexibility index (Phi) is 4.20. The van der Waals surface area contributed by atoms with Gasteiger partial charge in [-0.05, 0) is 57.1 Å². The molecule has 1 aromatic heterocycles. The molecule has 0 unspecified atom stereocenters. The van der Waals surface area contributed by atoms with Gasteiger partial charge < -0.3 is 10.6 Å². The molecule has 0 saturated carbocycles. The van der Waals surface area contributed by atoms with Crippen LogP contribution < -0.4 is 10.6 Å². The van der Waals surface area contributed by atoms with Crippen molar-refractivity contribution in [1.82, 2.24) is 20.4 Å². The monoisotopic (exact) mass is 302 g/mol. The van der Waals surface area contributed by atoms with Gasteiger partial charge in [-0.25, -0.2) is 9.07 Å². The molecule has 0 radical (unpaired) electrons. The first kappa shape index (κ1) is 14.7. The third-order valence-electron chi connectivity index (χ3n) is 4.00. The van der Waals surface area contributed by atoms with E-state index in [0.29, 0.717) is 5.56 Å². The van der Waals surface area contributed by atoms with E-state index in [1.807, 2.05) is 6.92 Å². The van der Waals surface area contributed by atoms with E-state index in [1.165, 1.54) is 12.1 Å². The number of nitrogens with one attached hydrogen (secondary N) is 2. The summed E-state index contributed by atoms with van der Waals surface area (Å²) in [6, 6.07) is 6.26. The van der Waals surface area contributed by atoms with Gasteiger partial charge in [-0.3, -0.25) is 4.79 Å². The minimum atomic E-state index is -0.294. The minimum Gasteiger partial charge on any atom is -0.349 e. The fourth-order valence-electron chi connectivity index (χ4n) is 2.70. The lowest BCUT2D eigenvalue weighted by atomic mass is 10.1. The molecule has 1 amide bonds. The van der Waals surface area contributed by atoms with Crippen LogP contribution in [0.3, 0.4) is 0 Å². The molecule has 5 nitrogen and oxygen atoms in total. The van der Waals surface area contributed by atoms with Gasteiger partial charge in [-0.1, -0.05) is 0 Å². The number of halogens is 1. The van der Waals surface area contributed by atoms with Crippen LogP contribution in [0.25, 0.3) is 5.69 Å². The van der Waals surface area contributed by atoms with Crippen molar-refractivity contribution < 1.29 is 9.18 Å². The number of aromatic nitrogens is 2. The second-order valence-electron chi connectivity index (χ2n) is 5.53. The van der Waals surface area contributed by atoms with Crippen molar-refractivity contribution in [2.24, 2.45) is 0 Å². The molecule has 1 saturated heterocycles. The van der Waals surface area contributed by atoms with Gasteiger partial charge >= 0.3 is 0 Å². The molecule has 3 rings (SSSR count). The first-order valence-corrected chi connectivity index (χ1v) is 7.47. The minimum absolute atomic E-state index is 0.0993. The number of hydrogen-bond donors (Lipinski definition) is 2. The van der Waals surface area contributed by atoms with Crippen molar-refractivity contribution >= 4 is 5.91 Å². The zero-order valence-corrected chi connectivity index (χ0v) is 12.5. The molecule has 1 aliphatic rings. The van der Waals surface area contributed by atoms with Crippen LogP contribution in [-0.2, 0) is 0 Å². The standard InChI is InChI=1S/C16H19FN4O/c1-11-15(16(22)20-13-6-8-18-9-7-13)10-19-21(11)14-4-2-12(17)3-5-14/h2-5,10,13,18H,6-9H2,1H3,(H,20,22). The summed E-state index contributed by atoms with van der Waals surface area (Å²) >= 11 is 0. The predicted octanol–water partition coefficient (Wildman–Crippen LogP) is 1.80. The van der Waals surface area contributed by atoms with Gasteiger partial charge in [0.05, 0.1) is 23.1 Å². The van der Waals surface area contributed by atoms with Crippen LogP contribution in [0.15, 0.2) is 30.5 Å². The number of benzene rings is 1. The molecular weight excluding hydrogens is 283 g/mol. The topological polar surface area (TPSA) is 59.0 Å². The maximum Gasteiger partial charge on any atom is 0.254 e. The Morgan fingerprint density at radius 2 is 2.00 bits per heavy atom. The molecule has 0 atom stereocenters. The second-order valence-corrected chi connectivity index (χ2v) is 5.53. The van der Waals surface area contributed by atoms with Gasteiger partial charge in [0.2, 0.25) is 0 Å². The lowest BCUT2D eigenvalue weighted by molar-refractivity contribution is 0.0929. The number of rotatable bonds is 3. The van der Waals surface area contributed by atoms with Crippen LogP contribution in [0.5, 0.6) is 0 Å². The number of carbonyl (C=O) groups excluding carboxylic acids is 1. The number of hydrogen-bond acceptors (Lipinski definition) is 3. The maximum atomic E-state index is 13.0. The zero-order valence-electron chi connectivity index (χ0n) is 12.5. The molecule has 1 aromatic carbocycles. The van der Waals surface area contributed by atoms with Gasteiger partial charge in [0, 0.05) is 6.04 Å². The van der Waals surface area contributed by atoms with Crippen molar-refractivity contribution in [1.29, 1.82) is 0 Å². The Hall–Kier alpha value is -2.21. The van der Waals surface area contributed by atoms with Gasteiger partial charge in [0.25, 0.3) is 5.91 Å². The van der Waals surface area contributed by atoms with E-state index >= 15 is 0 Å². The van der Waals surface area contributed by atoms with Crippen LogP contribution in [0.4, 0.5) is 4.39 Å². The number of piperidine rings is 1. The summed E-state index contributed by atoms with van der Waals surface area (Å²) in [7, 11) is 0. The summed E-state index contributed by atoms with van der Waals surface area (Å²) < 4.78 is 14.6. The summed E-state index contributed by atoms with van der Waals surface area (Å²) in [6.07, 6.45) is 3.45. The largest absolute Gasteiger partial charge is 0.349 e. The fourth-order valence-corrected chi connectivity index (χ4v) is 2.70. The highest BCUT2D eigenvalue weighted by Crippen LogP contribution is 2.15. The second kappa shape index (κ2) is 6.27. The van der Waals surface area contributed by atoms with Crippen LogP contribution in [0.1, 0.15) is 28.9 Å². The van der Waals surface area contributed by atoms with E-state index in [2.05, 4.69) is 15.7 Å². The van der Waals surface area contributed by atoms with Crippen molar-refractivity contribution in [3.8, 4) is 5.69 Å². The van der Waals surface area contributed by atoms with Crippen molar-refractivity contribution in [2.45, 2.75) is 25.8 Å². The van der Waals surface area contributed by atoms with Crippen LogP contribution >= 0.6 is 0 Å². The van der Waals surface area contributed by atoms with Gasteiger partial charge in [0.1, 0.15) is 5.82 Å². The van der Waals surface area contributed by atoms with E-state index in [1.54, 1.807) is 23.0 Å². The molecule has 1 aliphatic heterocycles. The van der Waals surface area contributed by atoms with Crippen LogP contribution in [0.2, 0.25) is 0 Å². The molecule has 0 aliphatic carbocycles. The normalized spacial score (nSPS) is 15.7. The van der Waals surface area contributed by atoms with E-state index in [4.69, 9.17) is 0 Å². The van der Waals surface area contributed by atoms with Gasteiger partial charge in [-0.2, -0.15) is 5.10 Å². The molecular formula is C16H19FN4O. The molecule has 116 valence electrons. The average Bonchev–Trinajstić information content (AvgIpc) is 2.91. The molecule has 0 bridgehead atoms. The van der Waals surface area contributed by atoms with Crippen molar-refractivity contribution in [3.63, 3.8) is 0 Å². The summed E-state index contributed by atoms with van der Waals surface area (Å²) in [5.74, 6) is -0.393. The molecule has 6 heteroatoms. The lowest BCUT2D eigenvalue weighted by Crippen LogP contribution is -2.42.